The van der Waals surface area contributed by atoms with E-state index >= 15 is 0 Å². The maximum Gasteiger partial charge on any atom is 0.257 e. The minimum atomic E-state index is -0.141. The molecule has 0 saturated carbocycles. The Bertz CT molecular complexity index is 584. The van der Waals surface area contributed by atoms with Crippen LogP contribution in [0.3, 0.4) is 0 Å². The number of nitrogens with one attached hydrogen (secondary N) is 1. The highest BCUT2D eigenvalue weighted by Gasteiger charge is 2.09. The normalized spacial score (nSPS) is 10.2. The number of para-hydroxylation sites is 1. The lowest BCUT2D eigenvalue weighted by Crippen LogP contribution is -2.13. The molecule has 0 spiro atoms. The number of nitrogens with zero attached hydrogens (tertiary/aromatic N) is 1. The average molecular weight is 319 g/mol. The van der Waals surface area contributed by atoms with Crippen molar-refractivity contribution in [2.24, 2.45) is 0 Å². The van der Waals surface area contributed by atoms with Crippen LogP contribution in [0.4, 0.5) is 5.69 Å². The van der Waals surface area contributed by atoms with Crippen molar-refractivity contribution in [2.75, 3.05) is 5.32 Å². The Morgan fingerprint density at radius 2 is 2.11 bits per heavy atom. The summed E-state index contributed by atoms with van der Waals surface area (Å²) in [5.74, 6) is -0.141. The fraction of sp³-hybridized carbons (Fsp3) is 0.200. The number of carbonyl (C=O) groups excluding carboxylic acids is 1. The molecular weight excluding hydrogens is 304 g/mol. The van der Waals surface area contributed by atoms with Crippen molar-refractivity contribution >= 4 is 27.5 Å². The number of anilines is 1. The highest BCUT2D eigenvalue weighted by molar-refractivity contribution is 9.10. The third kappa shape index (κ3) is 3.64. The minimum absolute atomic E-state index is 0.141. The standard InChI is InChI=1S/C15H15BrN2O/c1-2-5-11-6-3-4-7-14(11)18-15(19)12-8-13(16)10-17-9-12/h3-4,6-10H,2,5H2,1H3,(H,18,19). The van der Waals surface area contributed by atoms with Crippen LogP contribution in [0.5, 0.6) is 0 Å². The zero-order valence-electron chi connectivity index (χ0n) is 10.7. The van der Waals surface area contributed by atoms with Crippen molar-refractivity contribution in [1.82, 2.24) is 4.98 Å². The Morgan fingerprint density at radius 1 is 1.32 bits per heavy atom. The first-order valence-corrected chi connectivity index (χ1v) is 7.00. The zero-order valence-corrected chi connectivity index (χ0v) is 12.3. The Balaban J connectivity index is 2.19. The van der Waals surface area contributed by atoms with Crippen molar-refractivity contribution in [1.29, 1.82) is 0 Å². The molecule has 19 heavy (non-hydrogen) atoms. The Kier molecular flexibility index (Phi) is 4.68. The second-order valence-corrected chi connectivity index (χ2v) is 5.17. The van der Waals surface area contributed by atoms with Crippen molar-refractivity contribution in [3.63, 3.8) is 0 Å². The molecule has 1 N–H and O–H groups in total. The number of amides is 1. The highest BCUT2D eigenvalue weighted by atomic mass is 79.9. The van der Waals surface area contributed by atoms with Gasteiger partial charge in [-0.2, -0.15) is 0 Å². The number of pyridine rings is 1. The van der Waals surface area contributed by atoms with Crippen LogP contribution in [0.15, 0.2) is 47.2 Å². The predicted molar refractivity (Wildman–Crippen MR) is 80.3 cm³/mol. The third-order valence-corrected chi connectivity index (χ3v) is 3.19. The van der Waals surface area contributed by atoms with Crippen LogP contribution in [0.2, 0.25) is 0 Å². The van der Waals surface area contributed by atoms with E-state index in [9.17, 15) is 4.79 Å². The highest BCUT2D eigenvalue weighted by Crippen LogP contribution is 2.18. The van der Waals surface area contributed by atoms with Gasteiger partial charge in [-0.3, -0.25) is 9.78 Å². The first-order valence-electron chi connectivity index (χ1n) is 6.20. The number of hydrogen-bond acceptors (Lipinski definition) is 2. The van der Waals surface area contributed by atoms with Gasteiger partial charge in [-0.05, 0) is 40.0 Å². The molecule has 0 radical (unpaired) electrons. The van der Waals surface area contributed by atoms with Crippen LogP contribution in [-0.2, 0) is 6.42 Å². The van der Waals surface area contributed by atoms with Crippen molar-refractivity contribution in [3.05, 3.63) is 58.3 Å². The molecule has 1 aromatic carbocycles. The molecule has 2 rings (SSSR count). The van der Waals surface area contributed by atoms with Crippen LogP contribution in [0, 0.1) is 0 Å². The number of halogens is 1. The van der Waals surface area contributed by atoms with Gasteiger partial charge in [0.25, 0.3) is 5.91 Å². The first kappa shape index (κ1) is 13.7. The molecule has 0 unspecified atom stereocenters. The maximum atomic E-state index is 12.2. The van der Waals surface area contributed by atoms with E-state index in [0.29, 0.717) is 5.56 Å². The first-order chi connectivity index (χ1) is 9.20. The molecule has 98 valence electrons. The summed E-state index contributed by atoms with van der Waals surface area (Å²) in [4.78, 5) is 16.1. The average Bonchev–Trinajstić information content (AvgIpc) is 2.41. The van der Waals surface area contributed by atoms with Gasteiger partial charge in [0, 0.05) is 22.6 Å². The second kappa shape index (κ2) is 6.48. The molecule has 0 bridgehead atoms. The van der Waals surface area contributed by atoms with E-state index in [-0.39, 0.29) is 5.91 Å². The smallest absolute Gasteiger partial charge is 0.257 e. The molecule has 2 aromatic rings. The van der Waals surface area contributed by atoms with Crippen LogP contribution in [0.25, 0.3) is 0 Å². The summed E-state index contributed by atoms with van der Waals surface area (Å²) in [6.45, 7) is 2.12. The molecule has 1 amide bonds. The van der Waals surface area contributed by atoms with E-state index in [4.69, 9.17) is 0 Å². The van der Waals surface area contributed by atoms with Gasteiger partial charge in [0.15, 0.2) is 0 Å². The van der Waals surface area contributed by atoms with Gasteiger partial charge in [0.05, 0.1) is 5.56 Å². The number of benzene rings is 1. The molecule has 1 aromatic heterocycles. The van der Waals surface area contributed by atoms with E-state index < -0.39 is 0 Å². The van der Waals surface area contributed by atoms with Crippen molar-refractivity contribution in [3.8, 4) is 0 Å². The van der Waals surface area contributed by atoms with E-state index in [1.165, 1.54) is 0 Å². The molecule has 3 nitrogen and oxygen atoms in total. The van der Waals surface area contributed by atoms with Crippen molar-refractivity contribution < 1.29 is 4.79 Å². The molecule has 0 saturated heterocycles. The molecule has 0 atom stereocenters. The quantitative estimate of drug-likeness (QED) is 0.924. The van der Waals surface area contributed by atoms with E-state index in [2.05, 4.69) is 33.2 Å². The molecular formula is C15H15BrN2O. The van der Waals surface area contributed by atoms with Gasteiger partial charge >= 0.3 is 0 Å². The molecule has 4 heteroatoms. The number of hydrogen-bond donors (Lipinski definition) is 1. The molecule has 0 aliphatic rings. The lowest BCUT2D eigenvalue weighted by atomic mass is 10.1. The predicted octanol–water partition coefficient (Wildman–Crippen LogP) is 4.05. The van der Waals surface area contributed by atoms with Gasteiger partial charge in [0.1, 0.15) is 0 Å². The molecule has 1 heterocycles. The summed E-state index contributed by atoms with van der Waals surface area (Å²) in [6.07, 6.45) is 5.21. The number of aromatic nitrogens is 1. The number of aryl methyl sites for hydroxylation is 1. The lowest BCUT2D eigenvalue weighted by Gasteiger charge is -2.10. The van der Waals surface area contributed by atoms with Crippen LogP contribution >= 0.6 is 15.9 Å². The van der Waals surface area contributed by atoms with Gasteiger partial charge in [0.2, 0.25) is 0 Å². The molecule has 0 aliphatic heterocycles. The SMILES string of the molecule is CCCc1ccccc1NC(=O)c1cncc(Br)c1. The zero-order chi connectivity index (χ0) is 13.7. The lowest BCUT2D eigenvalue weighted by molar-refractivity contribution is 0.102. The summed E-state index contributed by atoms with van der Waals surface area (Å²) < 4.78 is 0.794. The fourth-order valence-electron chi connectivity index (χ4n) is 1.86. The van der Waals surface area contributed by atoms with Crippen molar-refractivity contribution in [2.45, 2.75) is 19.8 Å². The van der Waals surface area contributed by atoms with Gasteiger partial charge in [-0.15, -0.1) is 0 Å². The monoisotopic (exact) mass is 318 g/mol. The van der Waals surface area contributed by atoms with Crippen LogP contribution < -0.4 is 5.32 Å². The van der Waals surface area contributed by atoms with Gasteiger partial charge < -0.3 is 5.32 Å². The Labute approximate surface area is 121 Å². The minimum Gasteiger partial charge on any atom is -0.322 e. The third-order valence-electron chi connectivity index (χ3n) is 2.75. The Hall–Kier alpha value is -1.68. The fourth-order valence-corrected chi connectivity index (χ4v) is 2.22. The molecule has 0 aliphatic carbocycles. The summed E-state index contributed by atoms with van der Waals surface area (Å²) in [7, 11) is 0. The maximum absolute atomic E-state index is 12.2. The summed E-state index contributed by atoms with van der Waals surface area (Å²) in [5.41, 5.74) is 2.57. The van der Waals surface area contributed by atoms with E-state index in [1.54, 1.807) is 18.5 Å². The van der Waals surface area contributed by atoms with Gasteiger partial charge in [-0.25, -0.2) is 0 Å². The summed E-state index contributed by atoms with van der Waals surface area (Å²) in [5, 5.41) is 2.94. The second-order valence-electron chi connectivity index (χ2n) is 4.25. The Morgan fingerprint density at radius 3 is 2.84 bits per heavy atom. The number of carbonyl (C=O) groups is 1. The van der Waals surface area contributed by atoms with Gasteiger partial charge in [-0.1, -0.05) is 31.5 Å². The van der Waals surface area contributed by atoms with Crippen LogP contribution in [-0.4, -0.2) is 10.9 Å². The topological polar surface area (TPSA) is 42.0 Å². The van der Waals surface area contributed by atoms with E-state index in [0.717, 1.165) is 28.6 Å². The molecule has 0 fully saturated rings. The van der Waals surface area contributed by atoms with E-state index in [1.807, 2.05) is 24.3 Å². The largest absolute Gasteiger partial charge is 0.322 e. The summed E-state index contributed by atoms with van der Waals surface area (Å²) >= 11 is 3.31. The number of rotatable bonds is 4. The summed E-state index contributed by atoms with van der Waals surface area (Å²) in [6, 6.07) is 9.63. The van der Waals surface area contributed by atoms with Crippen LogP contribution in [0.1, 0.15) is 29.3 Å².